The van der Waals surface area contributed by atoms with Crippen LogP contribution < -0.4 is 0 Å². The Hall–Kier alpha value is -3.29. The summed E-state index contributed by atoms with van der Waals surface area (Å²) in [4.78, 5) is 36.0. The van der Waals surface area contributed by atoms with Crippen LogP contribution in [0.3, 0.4) is 0 Å². The third-order valence-corrected chi connectivity index (χ3v) is 4.80. The van der Waals surface area contributed by atoms with Gasteiger partial charge in [0.25, 0.3) is 11.6 Å². The second kappa shape index (κ2) is 7.14. The highest BCUT2D eigenvalue weighted by Crippen LogP contribution is 2.33. The number of nitrogens with zero attached hydrogens (tertiary/aromatic N) is 2. The standard InChI is InChI=1S/C19H17FN2O5/c1-11-6-15(12-2-4-16(20)5-3-12)10-21(11)18(23)13-7-14(19(24)25)9-17(8-13)22(26)27/h2-5,7-9,11,15H,6,10H2,1H3,(H,24,25). The highest BCUT2D eigenvalue weighted by Gasteiger charge is 2.34. The fourth-order valence-corrected chi connectivity index (χ4v) is 3.42. The van der Waals surface area contributed by atoms with E-state index in [0.717, 1.165) is 23.8 Å². The number of non-ortho nitro benzene ring substituents is 1. The van der Waals surface area contributed by atoms with E-state index in [1.54, 1.807) is 17.0 Å². The molecular formula is C19H17FN2O5. The maximum absolute atomic E-state index is 13.1. The van der Waals surface area contributed by atoms with E-state index in [0.29, 0.717) is 13.0 Å². The number of amides is 1. The summed E-state index contributed by atoms with van der Waals surface area (Å²) in [6.45, 7) is 2.23. The minimum atomic E-state index is -1.34. The molecule has 0 aliphatic carbocycles. The van der Waals surface area contributed by atoms with Crippen LogP contribution >= 0.6 is 0 Å². The normalized spacial score (nSPS) is 19.1. The minimum Gasteiger partial charge on any atom is -0.478 e. The molecule has 8 heteroatoms. The summed E-state index contributed by atoms with van der Waals surface area (Å²) < 4.78 is 13.1. The van der Waals surface area contributed by atoms with Crippen molar-refractivity contribution in [2.24, 2.45) is 0 Å². The maximum atomic E-state index is 13.1. The molecule has 1 aliphatic heterocycles. The molecule has 0 bridgehead atoms. The van der Waals surface area contributed by atoms with E-state index in [-0.39, 0.29) is 28.9 Å². The number of rotatable bonds is 4. The zero-order valence-electron chi connectivity index (χ0n) is 14.5. The zero-order chi connectivity index (χ0) is 19.7. The quantitative estimate of drug-likeness (QED) is 0.654. The fourth-order valence-electron chi connectivity index (χ4n) is 3.42. The van der Waals surface area contributed by atoms with Gasteiger partial charge in [0.1, 0.15) is 5.82 Å². The lowest BCUT2D eigenvalue weighted by atomic mass is 9.97. The van der Waals surface area contributed by atoms with Crippen LogP contribution in [0.4, 0.5) is 10.1 Å². The first-order chi connectivity index (χ1) is 12.8. The molecule has 27 heavy (non-hydrogen) atoms. The molecule has 0 radical (unpaired) electrons. The van der Waals surface area contributed by atoms with Gasteiger partial charge in [-0.2, -0.15) is 0 Å². The first kappa shape index (κ1) is 18.5. The molecule has 2 unspecified atom stereocenters. The maximum Gasteiger partial charge on any atom is 0.335 e. The summed E-state index contributed by atoms with van der Waals surface area (Å²) in [5.41, 5.74) is 0.117. The van der Waals surface area contributed by atoms with Gasteiger partial charge >= 0.3 is 5.97 Å². The van der Waals surface area contributed by atoms with Crippen molar-refractivity contribution in [1.82, 2.24) is 4.90 Å². The Morgan fingerprint density at radius 2 is 1.81 bits per heavy atom. The Morgan fingerprint density at radius 3 is 2.41 bits per heavy atom. The van der Waals surface area contributed by atoms with Crippen molar-refractivity contribution in [1.29, 1.82) is 0 Å². The Labute approximate surface area is 154 Å². The van der Waals surface area contributed by atoms with Crippen molar-refractivity contribution < 1.29 is 24.0 Å². The lowest BCUT2D eigenvalue weighted by Crippen LogP contribution is -2.34. The molecule has 1 heterocycles. The van der Waals surface area contributed by atoms with E-state index in [4.69, 9.17) is 5.11 Å². The highest BCUT2D eigenvalue weighted by molar-refractivity contribution is 5.98. The predicted octanol–water partition coefficient (Wildman–Crippen LogP) is 3.45. The number of carboxylic acids is 1. The molecule has 2 aromatic carbocycles. The van der Waals surface area contributed by atoms with Crippen molar-refractivity contribution in [3.8, 4) is 0 Å². The number of carboxylic acid groups (broad SMARTS) is 1. The Balaban J connectivity index is 1.88. The number of nitro benzene ring substituents is 1. The van der Waals surface area contributed by atoms with Crippen LogP contribution in [0.25, 0.3) is 0 Å². The van der Waals surface area contributed by atoms with Crippen molar-refractivity contribution in [3.63, 3.8) is 0 Å². The van der Waals surface area contributed by atoms with Gasteiger partial charge in [-0.15, -0.1) is 0 Å². The lowest BCUT2D eigenvalue weighted by Gasteiger charge is -2.21. The summed E-state index contributed by atoms with van der Waals surface area (Å²) in [6.07, 6.45) is 0.665. The van der Waals surface area contributed by atoms with Crippen molar-refractivity contribution in [3.05, 3.63) is 75.1 Å². The van der Waals surface area contributed by atoms with Gasteiger partial charge in [-0.05, 0) is 37.1 Å². The van der Waals surface area contributed by atoms with Crippen LogP contribution in [0, 0.1) is 15.9 Å². The van der Waals surface area contributed by atoms with E-state index in [1.165, 1.54) is 12.1 Å². The van der Waals surface area contributed by atoms with Gasteiger partial charge < -0.3 is 10.0 Å². The zero-order valence-corrected chi connectivity index (χ0v) is 14.5. The second-order valence-corrected chi connectivity index (χ2v) is 6.62. The number of hydrogen-bond donors (Lipinski definition) is 1. The number of hydrogen-bond acceptors (Lipinski definition) is 4. The average Bonchev–Trinajstić information content (AvgIpc) is 3.02. The number of likely N-dealkylation sites (tertiary alicyclic amines) is 1. The number of carbonyl (C=O) groups excluding carboxylic acids is 1. The predicted molar refractivity (Wildman–Crippen MR) is 94.3 cm³/mol. The van der Waals surface area contributed by atoms with E-state index >= 15 is 0 Å². The molecule has 1 saturated heterocycles. The number of carbonyl (C=O) groups is 2. The molecule has 7 nitrogen and oxygen atoms in total. The summed E-state index contributed by atoms with van der Waals surface area (Å²) >= 11 is 0. The molecule has 1 N–H and O–H groups in total. The molecule has 0 aromatic heterocycles. The SMILES string of the molecule is CC1CC(c2ccc(F)cc2)CN1C(=O)c1cc(C(=O)O)cc([N+](=O)[O-])c1. The van der Waals surface area contributed by atoms with Crippen LogP contribution in [0.1, 0.15) is 45.5 Å². The highest BCUT2D eigenvalue weighted by atomic mass is 19.1. The monoisotopic (exact) mass is 372 g/mol. The van der Waals surface area contributed by atoms with Gasteiger partial charge in [-0.1, -0.05) is 12.1 Å². The lowest BCUT2D eigenvalue weighted by molar-refractivity contribution is -0.384. The van der Waals surface area contributed by atoms with Crippen LogP contribution in [-0.4, -0.2) is 39.4 Å². The summed E-state index contributed by atoms with van der Waals surface area (Å²) in [5, 5.41) is 20.2. The van der Waals surface area contributed by atoms with E-state index in [9.17, 15) is 24.1 Å². The molecule has 2 atom stereocenters. The van der Waals surface area contributed by atoms with Gasteiger partial charge in [-0.25, -0.2) is 9.18 Å². The third-order valence-electron chi connectivity index (χ3n) is 4.80. The molecule has 0 saturated carbocycles. The smallest absolute Gasteiger partial charge is 0.335 e. The summed E-state index contributed by atoms with van der Waals surface area (Å²) in [7, 11) is 0. The van der Waals surface area contributed by atoms with Gasteiger partial charge in [0.05, 0.1) is 10.5 Å². The molecular weight excluding hydrogens is 355 g/mol. The van der Waals surface area contributed by atoms with Crippen LogP contribution in [0.5, 0.6) is 0 Å². The molecule has 1 fully saturated rings. The first-order valence-corrected chi connectivity index (χ1v) is 8.35. The van der Waals surface area contributed by atoms with E-state index < -0.39 is 22.5 Å². The molecule has 2 aromatic rings. The first-order valence-electron chi connectivity index (χ1n) is 8.35. The van der Waals surface area contributed by atoms with Gasteiger partial charge in [-0.3, -0.25) is 14.9 Å². The van der Waals surface area contributed by atoms with Crippen LogP contribution in [-0.2, 0) is 0 Å². The Morgan fingerprint density at radius 1 is 1.19 bits per heavy atom. The number of benzene rings is 2. The topological polar surface area (TPSA) is 101 Å². The Bertz CT molecular complexity index is 881. The van der Waals surface area contributed by atoms with E-state index in [2.05, 4.69) is 0 Å². The van der Waals surface area contributed by atoms with Crippen molar-refractivity contribution >= 4 is 17.6 Å². The van der Waals surface area contributed by atoms with Gasteiger partial charge in [0.2, 0.25) is 0 Å². The molecule has 0 spiro atoms. The third kappa shape index (κ3) is 3.79. The molecule has 3 rings (SSSR count). The van der Waals surface area contributed by atoms with Crippen LogP contribution in [0.2, 0.25) is 0 Å². The van der Waals surface area contributed by atoms with Crippen molar-refractivity contribution in [2.45, 2.75) is 25.3 Å². The number of aromatic carboxylic acids is 1. The minimum absolute atomic E-state index is 0.0159. The van der Waals surface area contributed by atoms with E-state index in [1.807, 2.05) is 6.92 Å². The van der Waals surface area contributed by atoms with Crippen LogP contribution in [0.15, 0.2) is 42.5 Å². The largest absolute Gasteiger partial charge is 0.478 e. The number of nitro groups is 1. The van der Waals surface area contributed by atoms with Crippen molar-refractivity contribution in [2.75, 3.05) is 6.54 Å². The number of halogens is 1. The summed E-state index contributed by atoms with van der Waals surface area (Å²) in [5.74, 6) is -2.12. The second-order valence-electron chi connectivity index (χ2n) is 6.62. The molecule has 1 aliphatic rings. The fraction of sp³-hybridized carbons (Fsp3) is 0.263. The molecule has 1 amide bonds. The molecule has 140 valence electrons. The Kier molecular flexibility index (Phi) is 4.89. The van der Waals surface area contributed by atoms with Gasteiger partial charge in [0, 0.05) is 36.2 Å². The summed E-state index contributed by atoms with van der Waals surface area (Å²) in [6, 6.07) is 9.11. The van der Waals surface area contributed by atoms with Gasteiger partial charge in [0.15, 0.2) is 0 Å². The average molecular weight is 372 g/mol.